The summed E-state index contributed by atoms with van der Waals surface area (Å²) in [7, 11) is -3.35. The predicted molar refractivity (Wildman–Crippen MR) is 78.6 cm³/mol. The van der Waals surface area contributed by atoms with Crippen molar-refractivity contribution in [2.45, 2.75) is 50.0 Å². The van der Waals surface area contributed by atoms with Crippen LogP contribution >= 0.6 is 11.3 Å². The van der Waals surface area contributed by atoms with E-state index in [-0.39, 0.29) is 0 Å². The maximum atomic E-state index is 12.1. The van der Waals surface area contributed by atoms with E-state index in [1.165, 1.54) is 43.4 Å². The van der Waals surface area contributed by atoms with E-state index in [4.69, 9.17) is 5.73 Å². The molecule has 19 heavy (non-hydrogen) atoms. The highest BCUT2D eigenvalue weighted by atomic mass is 32.2. The van der Waals surface area contributed by atoms with E-state index >= 15 is 0 Å². The van der Waals surface area contributed by atoms with Crippen LogP contribution in [0, 0.1) is 5.92 Å². The van der Waals surface area contributed by atoms with Crippen molar-refractivity contribution in [2.75, 3.05) is 6.54 Å². The standard InChI is InChI=1S/C13H22N2O2S2/c14-9-12-8-13(10-18-12)19(16,17)15-7-6-11-4-2-1-3-5-11/h8,10-11,15H,1-7,9,14H2. The summed E-state index contributed by atoms with van der Waals surface area (Å²) < 4.78 is 26.8. The van der Waals surface area contributed by atoms with Gasteiger partial charge in [-0.2, -0.15) is 0 Å². The van der Waals surface area contributed by atoms with Crippen LogP contribution in [0.2, 0.25) is 0 Å². The molecule has 0 aromatic carbocycles. The molecule has 0 aliphatic heterocycles. The summed E-state index contributed by atoms with van der Waals surface area (Å²) in [4.78, 5) is 1.24. The van der Waals surface area contributed by atoms with E-state index in [2.05, 4.69) is 4.72 Å². The van der Waals surface area contributed by atoms with Gasteiger partial charge in [-0.25, -0.2) is 13.1 Å². The van der Waals surface area contributed by atoms with Gasteiger partial charge in [-0.1, -0.05) is 32.1 Å². The molecule has 1 aliphatic rings. The molecule has 6 heteroatoms. The van der Waals surface area contributed by atoms with Crippen LogP contribution in [0.5, 0.6) is 0 Å². The first-order chi connectivity index (χ1) is 9.12. The topological polar surface area (TPSA) is 72.2 Å². The molecule has 0 radical (unpaired) electrons. The third-order valence-corrected chi connectivity index (χ3v) is 6.26. The third kappa shape index (κ3) is 4.27. The Morgan fingerprint density at radius 2 is 2.05 bits per heavy atom. The van der Waals surface area contributed by atoms with Crippen molar-refractivity contribution in [3.63, 3.8) is 0 Å². The molecule has 0 spiro atoms. The van der Waals surface area contributed by atoms with E-state index in [1.807, 2.05) is 0 Å². The van der Waals surface area contributed by atoms with Crippen LogP contribution in [0.1, 0.15) is 43.4 Å². The van der Waals surface area contributed by atoms with Crippen LogP contribution in [-0.2, 0) is 16.6 Å². The lowest BCUT2D eigenvalue weighted by atomic mass is 9.87. The van der Waals surface area contributed by atoms with Crippen molar-refractivity contribution in [3.8, 4) is 0 Å². The van der Waals surface area contributed by atoms with Crippen LogP contribution in [0.3, 0.4) is 0 Å². The van der Waals surface area contributed by atoms with Crippen LogP contribution in [0.15, 0.2) is 16.3 Å². The fourth-order valence-corrected chi connectivity index (χ4v) is 4.77. The highest BCUT2D eigenvalue weighted by Crippen LogP contribution is 2.26. The van der Waals surface area contributed by atoms with Gasteiger partial charge in [0.15, 0.2) is 0 Å². The number of thiophene rings is 1. The Morgan fingerprint density at radius 1 is 1.32 bits per heavy atom. The fourth-order valence-electron chi connectivity index (χ4n) is 2.56. The second kappa shape index (κ2) is 6.83. The number of rotatable bonds is 6. The summed E-state index contributed by atoms with van der Waals surface area (Å²) in [5, 5.41) is 1.66. The first-order valence-corrected chi connectivity index (χ1v) is 9.25. The molecule has 108 valence electrons. The van der Waals surface area contributed by atoms with Crippen LogP contribution in [0.25, 0.3) is 0 Å². The number of nitrogens with two attached hydrogens (primary N) is 1. The van der Waals surface area contributed by atoms with E-state index in [0.29, 0.717) is 23.9 Å². The van der Waals surface area contributed by atoms with E-state index < -0.39 is 10.0 Å². The van der Waals surface area contributed by atoms with Gasteiger partial charge in [0.1, 0.15) is 0 Å². The van der Waals surface area contributed by atoms with E-state index in [1.54, 1.807) is 11.4 Å². The van der Waals surface area contributed by atoms with Gasteiger partial charge >= 0.3 is 0 Å². The zero-order chi connectivity index (χ0) is 13.7. The first kappa shape index (κ1) is 15.0. The van der Waals surface area contributed by atoms with Crippen molar-refractivity contribution < 1.29 is 8.42 Å². The molecule has 1 aliphatic carbocycles. The Morgan fingerprint density at radius 3 is 2.68 bits per heavy atom. The third-order valence-electron chi connectivity index (χ3n) is 3.71. The Bertz CT molecular complexity index is 490. The molecule has 4 nitrogen and oxygen atoms in total. The molecule has 0 unspecified atom stereocenters. The number of nitrogens with one attached hydrogen (secondary N) is 1. The van der Waals surface area contributed by atoms with Crippen molar-refractivity contribution in [2.24, 2.45) is 11.7 Å². The quantitative estimate of drug-likeness (QED) is 0.848. The minimum atomic E-state index is -3.35. The van der Waals surface area contributed by atoms with Crippen LogP contribution in [-0.4, -0.2) is 15.0 Å². The van der Waals surface area contributed by atoms with Crippen LogP contribution in [0.4, 0.5) is 0 Å². The minimum Gasteiger partial charge on any atom is -0.326 e. The maximum Gasteiger partial charge on any atom is 0.241 e. The molecule has 1 fully saturated rings. The fraction of sp³-hybridized carbons (Fsp3) is 0.692. The lowest BCUT2D eigenvalue weighted by Crippen LogP contribution is -2.26. The summed E-state index contributed by atoms with van der Waals surface area (Å²) in [6.07, 6.45) is 7.37. The van der Waals surface area contributed by atoms with Crippen molar-refractivity contribution in [1.29, 1.82) is 0 Å². The number of hydrogen-bond acceptors (Lipinski definition) is 4. The monoisotopic (exact) mass is 302 g/mol. The molecule has 1 saturated carbocycles. The smallest absolute Gasteiger partial charge is 0.241 e. The normalized spacial score (nSPS) is 17.7. The number of hydrogen-bond donors (Lipinski definition) is 2. The van der Waals surface area contributed by atoms with Gasteiger partial charge in [-0.05, 0) is 18.4 Å². The van der Waals surface area contributed by atoms with Crippen molar-refractivity contribution >= 4 is 21.4 Å². The van der Waals surface area contributed by atoms with Gasteiger partial charge in [0.25, 0.3) is 0 Å². The molecule has 0 atom stereocenters. The highest BCUT2D eigenvalue weighted by molar-refractivity contribution is 7.89. The lowest BCUT2D eigenvalue weighted by molar-refractivity contribution is 0.339. The minimum absolute atomic E-state index is 0.349. The second-order valence-corrected chi connectivity index (χ2v) is 7.91. The molecule has 0 bridgehead atoms. The lowest BCUT2D eigenvalue weighted by Gasteiger charge is -2.21. The summed E-state index contributed by atoms with van der Waals surface area (Å²) in [6, 6.07) is 1.66. The largest absolute Gasteiger partial charge is 0.326 e. The SMILES string of the molecule is NCc1cc(S(=O)(=O)NCCC2CCCCC2)cs1. The Labute approximate surface area is 119 Å². The zero-order valence-corrected chi connectivity index (χ0v) is 12.7. The first-order valence-electron chi connectivity index (χ1n) is 6.89. The molecule has 1 heterocycles. The van der Waals surface area contributed by atoms with Gasteiger partial charge in [0.2, 0.25) is 10.0 Å². The Balaban J connectivity index is 1.83. The zero-order valence-electron chi connectivity index (χ0n) is 11.1. The highest BCUT2D eigenvalue weighted by Gasteiger charge is 2.17. The summed E-state index contributed by atoms with van der Waals surface area (Å²) in [6.45, 7) is 0.934. The average molecular weight is 302 g/mol. The van der Waals surface area contributed by atoms with Gasteiger partial charge < -0.3 is 5.73 Å². The van der Waals surface area contributed by atoms with Crippen molar-refractivity contribution in [3.05, 3.63) is 16.3 Å². The van der Waals surface area contributed by atoms with E-state index in [0.717, 1.165) is 11.3 Å². The molecule has 3 N–H and O–H groups in total. The maximum absolute atomic E-state index is 12.1. The second-order valence-electron chi connectivity index (χ2n) is 5.14. The summed E-state index contributed by atoms with van der Waals surface area (Å²) >= 11 is 1.39. The Kier molecular flexibility index (Phi) is 5.38. The van der Waals surface area contributed by atoms with Gasteiger partial charge in [0.05, 0.1) is 4.90 Å². The molecule has 1 aromatic rings. The average Bonchev–Trinajstić information content (AvgIpc) is 2.89. The van der Waals surface area contributed by atoms with Gasteiger partial charge in [0, 0.05) is 23.3 Å². The Hall–Kier alpha value is -0.430. The molecule has 1 aromatic heterocycles. The van der Waals surface area contributed by atoms with E-state index in [9.17, 15) is 8.42 Å². The molecule has 0 amide bonds. The molecular formula is C13H22N2O2S2. The molecule has 0 saturated heterocycles. The summed E-state index contributed by atoms with van der Waals surface area (Å²) in [5.41, 5.74) is 5.50. The van der Waals surface area contributed by atoms with Crippen molar-refractivity contribution in [1.82, 2.24) is 4.72 Å². The summed E-state index contributed by atoms with van der Waals surface area (Å²) in [5.74, 6) is 0.693. The van der Waals surface area contributed by atoms with Gasteiger partial charge in [-0.3, -0.25) is 0 Å². The molecular weight excluding hydrogens is 280 g/mol. The van der Waals surface area contributed by atoms with Gasteiger partial charge in [-0.15, -0.1) is 11.3 Å². The predicted octanol–water partition coefficient (Wildman–Crippen LogP) is 2.46. The molecule has 2 rings (SSSR count). The number of sulfonamides is 1. The van der Waals surface area contributed by atoms with Crippen LogP contribution < -0.4 is 10.5 Å².